The van der Waals surface area contributed by atoms with Crippen LogP contribution in [0.2, 0.25) is 0 Å². The summed E-state index contributed by atoms with van der Waals surface area (Å²) in [7, 11) is 0. The van der Waals surface area contributed by atoms with E-state index < -0.39 is 11.7 Å². The van der Waals surface area contributed by atoms with Gasteiger partial charge in [0, 0.05) is 86.1 Å². The first kappa shape index (κ1) is 50.8. The minimum absolute atomic E-state index is 0.0541. The van der Waals surface area contributed by atoms with E-state index in [1.165, 1.54) is 24.3 Å². The number of nitrogens with zero attached hydrogens (tertiary/aromatic N) is 6. The van der Waals surface area contributed by atoms with Gasteiger partial charge >= 0.3 is 6.09 Å². The van der Waals surface area contributed by atoms with Gasteiger partial charge in [-0.05, 0) is 135 Å². The largest absolute Gasteiger partial charge is 0.493 e. The van der Waals surface area contributed by atoms with Crippen LogP contribution < -0.4 is 47.2 Å². The number of pyridine rings is 2. The van der Waals surface area contributed by atoms with Crippen molar-refractivity contribution in [1.82, 2.24) is 14.5 Å². The fourth-order valence-electron chi connectivity index (χ4n) is 9.90. The lowest BCUT2D eigenvalue weighted by Gasteiger charge is -2.27. The van der Waals surface area contributed by atoms with Crippen molar-refractivity contribution < 1.29 is 33.0 Å². The minimum atomic E-state index is -0.577. The van der Waals surface area contributed by atoms with Gasteiger partial charge in [0.2, 0.25) is 0 Å². The van der Waals surface area contributed by atoms with Gasteiger partial charge in [-0.2, -0.15) is 5.26 Å². The van der Waals surface area contributed by atoms with E-state index in [2.05, 4.69) is 21.4 Å². The zero-order valence-corrected chi connectivity index (χ0v) is 41.1. The number of carbonyl (C=O) groups is 1. The molecule has 8 rings (SSSR count). The third-order valence-electron chi connectivity index (χ3n) is 13.7. The summed E-state index contributed by atoms with van der Waals surface area (Å²) in [5, 5.41) is 24.5. The number of alkyl carbamates (subject to hydrolysis) is 1. The smallest absolute Gasteiger partial charge is 0.407 e. The Morgan fingerprint density at radius 1 is 0.841 bits per heavy atom. The maximum Gasteiger partial charge on any atom is 0.407 e. The highest BCUT2D eigenvalue weighted by atomic mass is 19.1. The maximum atomic E-state index is 15.7. The summed E-state index contributed by atoms with van der Waals surface area (Å²) in [5.74, 6) is 0.610. The molecule has 6 N–H and O–H groups in total. The van der Waals surface area contributed by atoms with Crippen LogP contribution in [-0.2, 0) is 4.74 Å². The van der Waals surface area contributed by atoms with Crippen LogP contribution in [0.25, 0.3) is 21.8 Å². The Hall–Kier alpha value is -6.09. The Kier molecular flexibility index (Phi) is 15.7. The lowest BCUT2D eigenvalue weighted by molar-refractivity contribution is 0.0494. The highest BCUT2D eigenvalue weighted by Crippen LogP contribution is 2.44. The molecule has 2 aromatic carbocycles. The molecule has 0 bridgehead atoms. The summed E-state index contributed by atoms with van der Waals surface area (Å²) >= 11 is 0. The molecule has 4 heterocycles. The molecular weight excluding hydrogens is 889 g/mol. The third kappa shape index (κ3) is 11.7. The summed E-state index contributed by atoms with van der Waals surface area (Å²) in [6.07, 6.45) is 6.75. The Bertz CT molecular complexity index is 2740. The van der Waals surface area contributed by atoms with Gasteiger partial charge in [-0.1, -0.05) is 5.16 Å². The number of ether oxygens (including phenoxy) is 3. The number of nitrogens with two attached hydrogens (primary N) is 2. The van der Waals surface area contributed by atoms with E-state index >= 15 is 8.78 Å². The second kappa shape index (κ2) is 21.3. The molecule has 374 valence electrons. The number of carbonyl (C=O) groups excluding carboxylic acids is 1. The van der Waals surface area contributed by atoms with E-state index in [0.29, 0.717) is 90.4 Å². The molecule has 2 aromatic heterocycles. The van der Waals surface area contributed by atoms with Crippen molar-refractivity contribution in [2.75, 3.05) is 49.2 Å². The molecule has 2 saturated carbocycles. The van der Waals surface area contributed by atoms with Crippen molar-refractivity contribution in [3.63, 3.8) is 0 Å². The topological polar surface area (TPSA) is 216 Å². The fraction of sp³-hybridized carbons (Fsp3) is 0.588. The number of nitriles is 1. The Morgan fingerprint density at radius 2 is 1.32 bits per heavy atom. The second-order valence-electron chi connectivity index (χ2n) is 20.3. The van der Waals surface area contributed by atoms with E-state index in [9.17, 15) is 14.4 Å². The van der Waals surface area contributed by atoms with Gasteiger partial charge in [0.05, 0.1) is 41.7 Å². The number of hydrogen-bond donors (Lipinski definition) is 4. The van der Waals surface area contributed by atoms with Gasteiger partial charge in [0.15, 0.2) is 0 Å². The molecule has 2 saturated heterocycles. The van der Waals surface area contributed by atoms with E-state index in [0.717, 1.165) is 61.7 Å². The number of amidine groups is 1. The van der Waals surface area contributed by atoms with Crippen LogP contribution in [0.1, 0.15) is 122 Å². The zero-order valence-electron chi connectivity index (χ0n) is 41.1. The molecule has 4 aromatic rings. The quantitative estimate of drug-likeness (QED) is 0.0276. The summed E-state index contributed by atoms with van der Waals surface area (Å²) in [4.78, 5) is 42.5. The second-order valence-corrected chi connectivity index (χ2v) is 20.3. The molecule has 0 radical (unpaired) electrons. The van der Waals surface area contributed by atoms with E-state index in [1.807, 2.05) is 53.4 Å². The molecule has 4 fully saturated rings. The van der Waals surface area contributed by atoms with Crippen LogP contribution in [0.5, 0.6) is 11.5 Å². The predicted octanol–water partition coefficient (Wildman–Crippen LogP) is 8.07. The van der Waals surface area contributed by atoms with Crippen LogP contribution in [0.4, 0.5) is 25.0 Å². The van der Waals surface area contributed by atoms with Gasteiger partial charge < -0.3 is 55.1 Å². The molecule has 16 nitrogen and oxygen atoms in total. The molecule has 4 atom stereocenters. The average Bonchev–Trinajstić information content (AvgIpc) is 4.20. The molecule has 18 heteroatoms. The molecule has 0 spiro atoms. The van der Waals surface area contributed by atoms with Crippen molar-refractivity contribution in [2.24, 2.45) is 28.5 Å². The van der Waals surface area contributed by atoms with Crippen molar-refractivity contribution >= 4 is 45.1 Å². The van der Waals surface area contributed by atoms with Crippen LogP contribution in [0, 0.1) is 48.6 Å². The zero-order chi connectivity index (χ0) is 49.9. The summed E-state index contributed by atoms with van der Waals surface area (Å²) in [5.41, 5.74) is 14.7. The van der Waals surface area contributed by atoms with Gasteiger partial charge in [0.1, 0.15) is 34.6 Å². The number of nitrogens with one attached hydrogen (secondary N) is 1. The SMILES string of the molecule is Cc1c(N2CC[C@@H]([C@H](C)N)C2)c(F)cc2c(OCCC/C(N)=N\O)cc(=O)n(C3CC3)c12.Cc1c(N2CC[C@@H]([C@H](C)NC(=O)OC(C)(C)C)C2)c(F)cc2c(OCCCC#N)cc(=O)n(C3CC3)c12. The first-order valence-electron chi connectivity index (χ1n) is 24.4. The first-order chi connectivity index (χ1) is 32.8. The number of oxime groups is 1. The van der Waals surface area contributed by atoms with Crippen molar-refractivity contribution in [3.05, 3.63) is 67.7 Å². The number of fused-ring (bicyclic) bond motifs is 2. The van der Waals surface area contributed by atoms with E-state index in [1.54, 1.807) is 9.13 Å². The normalized spacial score (nSPS) is 19.3. The number of unbranched alkanes of at least 4 members (excludes halogenated alkanes) is 1. The Labute approximate surface area is 402 Å². The fourth-order valence-corrected chi connectivity index (χ4v) is 9.90. The summed E-state index contributed by atoms with van der Waals surface area (Å²) in [6, 6.07) is 8.13. The molecule has 4 aliphatic rings. The van der Waals surface area contributed by atoms with Gasteiger partial charge in [0.25, 0.3) is 11.1 Å². The standard InChI is InChI=1S/C28H37FN4O4.C23H32FN5O3/c1-17-25-21(23(36-13-7-6-11-30)15-24(34)33(25)20-8-9-20)14-22(29)26(17)32-12-10-19(16-32)18(2)31-27(35)37-28(3,4)5;1-13-22-17(10-18(24)23(13)28-8-7-15(12-28)14(2)25)19(32-9-3-4-20(26)27-31)11-21(30)29(22)16-5-6-16/h14-15,18-20H,6-10,12-13,16H2,1-5H3,(H,31,35);10-11,14-16,31H,3-9,12,25H2,1-2H3,(H2,26,27)/t18-,19+;14-,15+/m00/s1. The lowest BCUT2D eigenvalue weighted by atomic mass is 10.0. The number of rotatable bonds is 16. The summed E-state index contributed by atoms with van der Waals surface area (Å²) < 4.78 is 51.9. The number of aromatic nitrogens is 2. The van der Waals surface area contributed by atoms with Crippen LogP contribution >= 0.6 is 0 Å². The van der Waals surface area contributed by atoms with Crippen molar-refractivity contribution in [2.45, 2.75) is 142 Å². The van der Waals surface area contributed by atoms with E-state index in [4.69, 9.17) is 36.1 Å². The highest BCUT2D eigenvalue weighted by Gasteiger charge is 2.35. The highest BCUT2D eigenvalue weighted by molar-refractivity contribution is 5.93. The predicted molar refractivity (Wildman–Crippen MR) is 264 cm³/mol. The van der Waals surface area contributed by atoms with Gasteiger partial charge in [-0.15, -0.1) is 0 Å². The molecule has 69 heavy (non-hydrogen) atoms. The average molecular weight is 958 g/mol. The Balaban J connectivity index is 0.000000206. The number of anilines is 2. The number of amides is 1. The lowest BCUT2D eigenvalue weighted by Crippen LogP contribution is -2.42. The number of benzene rings is 2. The molecular formula is C51H69F2N9O7. The van der Waals surface area contributed by atoms with E-state index in [-0.39, 0.29) is 71.9 Å². The number of aryl methyl sites for hydroxylation is 2. The van der Waals surface area contributed by atoms with Gasteiger partial charge in [-0.3, -0.25) is 9.59 Å². The monoisotopic (exact) mass is 958 g/mol. The van der Waals surface area contributed by atoms with Crippen LogP contribution in [0.15, 0.2) is 39.0 Å². The number of halogens is 2. The molecule has 0 unspecified atom stereocenters. The summed E-state index contributed by atoms with van der Waals surface area (Å²) in [6.45, 7) is 16.4. The minimum Gasteiger partial charge on any atom is -0.493 e. The molecule has 1 amide bonds. The van der Waals surface area contributed by atoms with Gasteiger partial charge in [-0.25, -0.2) is 13.6 Å². The van der Waals surface area contributed by atoms with Crippen molar-refractivity contribution in [1.29, 1.82) is 5.26 Å². The van der Waals surface area contributed by atoms with Crippen molar-refractivity contribution in [3.8, 4) is 17.6 Å². The third-order valence-corrected chi connectivity index (χ3v) is 13.7. The first-order valence-corrected chi connectivity index (χ1v) is 24.4. The Morgan fingerprint density at radius 3 is 1.75 bits per heavy atom. The van der Waals surface area contributed by atoms with Crippen LogP contribution in [0.3, 0.4) is 0 Å². The molecule has 2 aliphatic heterocycles. The van der Waals surface area contributed by atoms with Crippen LogP contribution in [-0.4, -0.2) is 83.3 Å². The molecule has 2 aliphatic carbocycles. The maximum absolute atomic E-state index is 15.7. The number of hydrogen-bond acceptors (Lipinski definition) is 12.